The first kappa shape index (κ1) is 10.4. The lowest BCUT2D eigenvalue weighted by Crippen LogP contribution is -1.90. The first-order valence-corrected chi connectivity index (χ1v) is 4.98. The van der Waals surface area contributed by atoms with Crippen molar-refractivity contribution >= 4 is 11.4 Å². The lowest BCUT2D eigenvalue weighted by atomic mass is 10.2. The van der Waals surface area contributed by atoms with Crippen molar-refractivity contribution < 1.29 is 9.84 Å². The summed E-state index contributed by atoms with van der Waals surface area (Å²) in [6.07, 6.45) is 0. The molecule has 0 heterocycles. The molecule has 0 saturated carbocycles. The van der Waals surface area contributed by atoms with E-state index in [-0.39, 0.29) is 5.75 Å². The van der Waals surface area contributed by atoms with E-state index in [9.17, 15) is 0 Å². The van der Waals surface area contributed by atoms with E-state index >= 15 is 0 Å². The molecule has 2 aromatic carbocycles. The molecule has 82 valence electrons. The van der Waals surface area contributed by atoms with Gasteiger partial charge in [-0.3, -0.25) is 0 Å². The minimum absolute atomic E-state index is 0.260. The molecule has 0 atom stereocenters. The molecule has 3 nitrogen and oxygen atoms in total. The van der Waals surface area contributed by atoms with Crippen LogP contribution in [0.5, 0.6) is 11.5 Å². The Hall–Kier alpha value is -2.16. The predicted molar refractivity (Wildman–Crippen MR) is 64.4 cm³/mol. The van der Waals surface area contributed by atoms with Crippen LogP contribution in [-0.2, 0) is 0 Å². The van der Waals surface area contributed by atoms with E-state index in [1.807, 2.05) is 36.4 Å². The Morgan fingerprint density at radius 3 is 2.44 bits per heavy atom. The van der Waals surface area contributed by atoms with Crippen LogP contribution in [0.2, 0.25) is 0 Å². The molecule has 0 saturated heterocycles. The van der Waals surface area contributed by atoms with Crippen LogP contribution in [0.4, 0.5) is 11.4 Å². The van der Waals surface area contributed by atoms with Crippen LogP contribution in [0.15, 0.2) is 48.5 Å². The van der Waals surface area contributed by atoms with E-state index in [1.165, 1.54) is 0 Å². The number of benzene rings is 2. The number of methoxy groups -OCH3 is 1. The second kappa shape index (κ2) is 4.57. The molecule has 0 spiro atoms. The molecular formula is C13H13NO2. The predicted octanol–water partition coefficient (Wildman–Crippen LogP) is 3.14. The Kier molecular flexibility index (Phi) is 2.96. The van der Waals surface area contributed by atoms with Gasteiger partial charge in [-0.05, 0) is 36.4 Å². The first-order valence-electron chi connectivity index (χ1n) is 4.98. The van der Waals surface area contributed by atoms with Gasteiger partial charge in [0.2, 0.25) is 0 Å². The highest BCUT2D eigenvalue weighted by Gasteiger charge is 1.96. The highest BCUT2D eigenvalue weighted by atomic mass is 16.5. The van der Waals surface area contributed by atoms with Gasteiger partial charge >= 0.3 is 0 Å². The summed E-state index contributed by atoms with van der Waals surface area (Å²) >= 11 is 0. The van der Waals surface area contributed by atoms with Gasteiger partial charge in [0.1, 0.15) is 11.5 Å². The monoisotopic (exact) mass is 215 g/mol. The topological polar surface area (TPSA) is 41.5 Å². The second-order valence-electron chi connectivity index (χ2n) is 3.40. The maximum atomic E-state index is 9.16. The zero-order valence-electron chi connectivity index (χ0n) is 8.97. The molecule has 0 fully saturated rings. The Labute approximate surface area is 94.3 Å². The van der Waals surface area contributed by atoms with Crippen LogP contribution in [0, 0.1) is 0 Å². The standard InChI is InChI=1S/C13H13NO2/c1-16-13-4-2-3-11(9-13)14-10-5-7-12(15)8-6-10/h2-9,14-15H,1H3. The molecule has 0 amide bonds. The van der Waals surface area contributed by atoms with Gasteiger partial charge in [-0.1, -0.05) is 6.07 Å². The highest BCUT2D eigenvalue weighted by Crippen LogP contribution is 2.22. The van der Waals surface area contributed by atoms with Gasteiger partial charge in [0.25, 0.3) is 0 Å². The van der Waals surface area contributed by atoms with E-state index in [4.69, 9.17) is 9.84 Å². The van der Waals surface area contributed by atoms with Crippen molar-refractivity contribution in [1.29, 1.82) is 0 Å². The van der Waals surface area contributed by atoms with Gasteiger partial charge in [-0.15, -0.1) is 0 Å². The number of anilines is 2. The molecule has 0 aliphatic heterocycles. The maximum Gasteiger partial charge on any atom is 0.120 e. The van der Waals surface area contributed by atoms with Gasteiger partial charge < -0.3 is 15.2 Å². The fraction of sp³-hybridized carbons (Fsp3) is 0.0769. The normalized spacial score (nSPS) is 9.81. The number of aromatic hydroxyl groups is 1. The zero-order valence-corrected chi connectivity index (χ0v) is 8.97. The molecule has 0 aliphatic carbocycles. The Balaban J connectivity index is 2.16. The van der Waals surface area contributed by atoms with Crippen molar-refractivity contribution in [3.05, 3.63) is 48.5 Å². The largest absolute Gasteiger partial charge is 0.508 e. The highest BCUT2D eigenvalue weighted by molar-refractivity contribution is 5.61. The van der Waals surface area contributed by atoms with Crippen molar-refractivity contribution in [1.82, 2.24) is 0 Å². The number of hydrogen-bond donors (Lipinski definition) is 2. The first-order chi connectivity index (χ1) is 7.78. The molecule has 16 heavy (non-hydrogen) atoms. The van der Waals surface area contributed by atoms with Gasteiger partial charge in [0.05, 0.1) is 7.11 Å². The maximum absolute atomic E-state index is 9.16. The summed E-state index contributed by atoms with van der Waals surface area (Å²) in [6.45, 7) is 0. The van der Waals surface area contributed by atoms with E-state index < -0.39 is 0 Å². The molecule has 0 bridgehead atoms. The summed E-state index contributed by atoms with van der Waals surface area (Å²) in [5.74, 6) is 1.07. The Bertz CT molecular complexity index is 466. The number of nitrogens with one attached hydrogen (secondary N) is 1. The molecular weight excluding hydrogens is 202 g/mol. The zero-order chi connectivity index (χ0) is 11.4. The average Bonchev–Trinajstić information content (AvgIpc) is 2.32. The summed E-state index contributed by atoms with van der Waals surface area (Å²) in [4.78, 5) is 0. The summed E-state index contributed by atoms with van der Waals surface area (Å²) in [5.41, 5.74) is 1.87. The minimum atomic E-state index is 0.260. The molecule has 0 aliphatic rings. The van der Waals surface area contributed by atoms with E-state index in [0.29, 0.717) is 0 Å². The Morgan fingerprint density at radius 2 is 1.75 bits per heavy atom. The van der Waals surface area contributed by atoms with Gasteiger partial charge in [-0.2, -0.15) is 0 Å². The van der Waals surface area contributed by atoms with Crippen LogP contribution in [0.3, 0.4) is 0 Å². The number of phenols is 1. The van der Waals surface area contributed by atoms with Crippen LogP contribution >= 0.6 is 0 Å². The van der Waals surface area contributed by atoms with Crippen molar-refractivity contribution in [2.45, 2.75) is 0 Å². The molecule has 2 aromatic rings. The third-order valence-corrected chi connectivity index (χ3v) is 2.23. The lowest BCUT2D eigenvalue weighted by Gasteiger charge is -2.07. The van der Waals surface area contributed by atoms with E-state index in [1.54, 1.807) is 19.2 Å². The summed E-state index contributed by atoms with van der Waals surface area (Å²) in [7, 11) is 1.64. The van der Waals surface area contributed by atoms with Crippen molar-refractivity contribution in [3.63, 3.8) is 0 Å². The minimum Gasteiger partial charge on any atom is -0.508 e. The molecule has 2 rings (SSSR count). The lowest BCUT2D eigenvalue weighted by molar-refractivity contribution is 0.415. The SMILES string of the molecule is COc1cccc(Nc2ccc(O)cc2)c1. The molecule has 0 aromatic heterocycles. The second-order valence-corrected chi connectivity index (χ2v) is 3.40. The smallest absolute Gasteiger partial charge is 0.120 e. The fourth-order valence-electron chi connectivity index (χ4n) is 1.41. The molecule has 3 heteroatoms. The van der Waals surface area contributed by atoms with Gasteiger partial charge in [-0.25, -0.2) is 0 Å². The fourth-order valence-corrected chi connectivity index (χ4v) is 1.41. The molecule has 0 unspecified atom stereocenters. The van der Waals surface area contributed by atoms with Crippen LogP contribution in [-0.4, -0.2) is 12.2 Å². The number of rotatable bonds is 3. The third-order valence-electron chi connectivity index (χ3n) is 2.23. The average molecular weight is 215 g/mol. The van der Waals surface area contributed by atoms with E-state index in [2.05, 4.69) is 5.32 Å². The van der Waals surface area contributed by atoms with Crippen molar-refractivity contribution in [2.75, 3.05) is 12.4 Å². The summed E-state index contributed by atoms with van der Waals surface area (Å²) in [5, 5.41) is 12.4. The molecule has 2 N–H and O–H groups in total. The number of phenolic OH excluding ortho intramolecular Hbond substituents is 1. The van der Waals surface area contributed by atoms with Gasteiger partial charge in [0.15, 0.2) is 0 Å². The number of hydrogen-bond acceptors (Lipinski definition) is 3. The summed E-state index contributed by atoms with van der Waals surface area (Å²) < 4.78 is 5.13. The van der Waals surface area contributed by atoms with Crippen LogP contribution in [0.25, 0.3) is 0 Å². The third kappa shape index (κ3) is 2.45. The van der Waals surface area contributed by atoms with Crippen LogP contribution < -0.4 is 10.1 Å². The van der Waals surface area contributed by atoms with Crippen LogP contribution in [0.1, 0.15) is 0 Å². The summed E-state index contributed by atoms with van der Waals surface area (Å²) in [6, 6.07) is 14.6. The number of ether oxygens (including phenoxy) is 1. The van der Waals surface area contributed by atoms with Gasteiger partial charge in [0, 0.05) is 17.4 Å². The van der Waals surface area contributed by atoms with Crippen molar-refractivity contribution in [2.24, 2.45) is 0 Å². The van der Waals surface area contributed by atoms with Crippen molar-refractivity contribution in [3.8, 4) is 11.5 Å². The quantitative estimate of drug-likeness (QED) is 0.773. The van der Waals surface area contributed by atoms with E-state index in [0.717, 1.165) is 17.1 Å². The Morgan fingerprint density at radius 1 is 1.00 bits per heavy atom. The molecule has 0 radical (unpaired) electrons.